The van der Waals surface area contributed by atoms with E-state index < -0.39 is 0 Å². The van der Waals surface area contributed by atoms with Gasteiger partial charge >= 0.3 is 0 Å². The van der Waals surface area contributed by atoms with E-state index in [-0.39, 0.29) is 0 Å². The zero-order valence-electron chi connectivity index (χ0n) is 12.7. The minimum atomic E-state index is 0.680. The van der Waals surface area contributed by atoms with Crippen LogP contribution in [0.3, 0.4) is 0 Å². The van der Waals surface area contributed by atoms with Gasteiger partial charge in [0.05, 0.1) is 0 Å². The van der Waals surface area contributed by atoms with Gasteiger partial charge in [-0.1, -0.05) is 35.8 Å². The lowest BCUT2D eigenvalue weighted by Crippen LogP contribution is -2.08. The summed E-state index contributed by atoms with van der Waals surface area (Å²) in [6.07, 6.45) is 1.12. The van der Waals surface area contributed by atoms with E-state index >= 15 is 0 Å². The largest absolute Gasteiger partial charge is 0.370 e. The second-order valence-electron chi connectivity index (χ2n) is 5.43. The van der Waals surface area contributed by atoms with Gasteiger partial charge in [0.2, 0.25) is 0 Å². The number of hydrogen-bond donors (Lipinski definition) is 2. The molecule has 21 heavy (non-hydrogen) atoms. The number of rotatable bonds is 6. The number of aryl methyl sites for hydroxylation is 1. The Hall–Kier alpha value is -1.62. The Kier molecular flexibility index (Phi) is 5.56. The van der Waals surface area contributed by atoms with Crippen molar-refractivity contribution in [1.29, 1.82) is 0 Å². The molecule has 0 amide bonds. The van der Waals surface area contributed by atoms with Gasteiger partial charge in [0.15, 0.2) is 0 Å². The quantitative estimate of drug-likeness (QED) is 0.790. The Labute approximate surface area is 134 Å². The fourth-order valence-corrected chi connectivity index (χ4v) is 2.32. The van der Waals surface area contributed by atoms with Crippen molar-refractivity contribution >= 4 is 33.3 Å². The maximum Gasteiger partial charge on any atom is 0.136 e. The van der Waals surface area contributed by atoms with Gasteiger partial charge < -0.3 is 10.6 Å². The lowest BCUT2D eigenvalue weighted by molar-refractivity contribution is 0.606. The van der Waals surface area contributed by atoms with Crippen LogP contribution in [0.25, 0.3) is 0 Å². The molecule has 1 aromatic carbocycles. The molecular formula is C16H21BrN4. The van der Waals surface area contributed by atoms with Crippen LogP contribution in [-0.2, 0) is 0 Å². The van der Waals surface area contributed by atoms with Gasteiger partial charge in [0.25, 0.3) is 0 Å². The molecule has 0 aliphatic rings. The molecule has 0 bridgehead atoms. The standard InChI is InChI=1S/C16H21BrN4/c1-11(2)7-8-18-15-10-16(20-12(3)19-15)21-14-6-4-5-13(17)9-14/h4-6,9-11H,7-8H2,1-3H3,(H2,18,19,20,21). The number of nitrogens with one attached hydrogen (secondary N) is 2. The number of hydrogen-bond acceptors (Lipinski definition) is 4. The number of nitrogens with zero attached hydrogens (tertiary/aromatic N) is 2. The summed E-state index contributed by atoms with van der Waals surface area (Å²) in [4.78, 5) is 8.84. The average Bonchev–Trinajstić information content (AvgIpc) is 2.37. The van der Waals surface area contributed by atoms with Crippen molar-refractivity contribution in [2.45, 2.75) is 27.2 Å². The van der Waals surface area contributed by atoms with Crippen LogP contribution in [0.15, 0.2) is 34.8 Å². The molecule has 1 aromatic heterocycles. The first kappa shape index (κ1) is 15.8. The molecule has 5 heteroatoms. The summed E-state index contributed by atoms with van der Waals surface area (Å²) in [5, 5.41) is 6.66. The van der Waals surface area contributed by atoms with Crippen molar-refractivity contribution in [3.05, 3.63) is 40.6 Å². The summed E-state index contributed by atoms with van der Waals surface area (Å²) in [6, 6.07) is 9.95. The Morgan fingerprint density at radius 2 is 1.90 bits per heavy atom. The molecule has 0 aliphatic heterocycles. The van der Waals surface area contributed by atoms with Crippen molar-refractivity contribution in [2.24, 2.45) is 5.92 Å². The van der Waals surface area contributed by atoms with E-state index in [0.29, 0.717) is 5.92 Å². The highest BCUT2D eigenvalue weighted by molar-refractivity contribution is 9.10. The molecule has 0 saturated carbocycles. The smallest absolute Gasteiger partial charge is 0.136 e. The zero-order valence-corrected chi connectivity index (χ0v) is 14.2. The Bertz CT molecular complexity index is 599. The summed E-state index contributed by atoms with van der Waals surface area (Å²) in [5.74, 6) is 3.09. The maximum absolute atomic E-state index is 4.42. The summed E-state index contributed by atoms with van der Waals surface area (Å²) in [6.45, 7) is 7.25. The summed E-state index contributed by atoms with van der Waals surface area (Å²) in [5.41, 5.74) is 0.996. The van der Waals surface area contributed by atoms with Gasteiger partial charge in [0, 0.05) is 22.8 Å². The summed E-state index contributed by atoms with van der Waals surface area (Å²) >= 11 is 3.47. The minimum absolute atomic E-state index is 0.680. The van der Waals surface area contributed by atoms with E-state index in [4.69, 9.17) is 0 Å². The van der Waals surface area contributed by atoms with Gasteiger partial charge in [-0.15, -0.1) is 0 Å². The van der Waals surface area contributed by atoms with Crippen LogP contribution >= 0.6 is 15.9 Å². The Morgan fingerprint density at radius 3 is 2.62 bits per heavy atom. The normalized spacial score (nSPS) is 10.7. The monoisotopic (exact) mass is 348 g/mol. The number of aromatic nitrogens is 2. The van der Waals surface area contributed by atoms with Gasteiger partial charge in [-0.25, -0.2) is 9.97 Å². The molecule has 0 saturated heterocycles. The van der Waals surface area contributed by atoms with Crippen molar-refractivity contribution < 1.29 is 0 Å². The van der Waals surface area contributed by atoms with Crippen LogP contribution in [0.4, 0.5) is 17.3 Å². The molecule has 0 radical (unpaired) electrons. The van der Waals surface area contributed by atoms with E-state index in [2.05, 4.69) is 50.4 Å². The van der Waals surface area contributed by atoms with E-state index in [9.17, 15) is 0 Å². The second kappa shape index (κ2) is 7.41. The molecule has 2 aromatic rings. The third-order valence-electron chi connectivity index (χ3n) is 2.96. The summed E-state index contributed by atoms with van der Waals surface area (Å²) < 4.78 is 1.04. The number of benzene rings is 1. The SMILES string of the molecule is Cc1nc(NCCC(C)C)cc(Nc2cccc(Br)c2)n1. The van der Waals surface area contributed by atoms with E-state index in [1.165, 1.54) is 0 Å². The lowest BCUT2D eigenvalue weighted by atomic mass is 10.1. The van der Waals surface area contributed by atoms with Crippen LogP contribution in [0.5, 0.6) is 0 Å². The third kappa shape index (κ3) is 5.34. The highest BCUT2D eigenvalue weighted by Crippen LogP contribution is 2.20. The van der Waals surface area contributed by atoms with Gasteiger partial charge in [-0.05, 0) is 37.5 Å². The Morgan fingerprint density at radius 1 is 1.14 bits per heavy atom. The second-order valence-corrected chi connectivity index (χ2v) is 6.35. The fourth-order valence-electron chi connectivity index (χ4n) is 1.93. The molecule has 0 fully saturated rings. The molecule has 1 heterocycles. The zero-order chi connectivity index (χ0) is 15.2. The van der Waals surface area contributed by atoms with E-state index in [1.54, 1.807) is 0 Å². The molecule has 0 spiro atoms. The van der Waals surface area contributed by atoms with E-state index in [0.717, 1.165) is 40.6 Å². The summed E-state index contributed by atoms with van der Waals surface area (Å²) in [7, 11) is 0. The van der Waals surface area contributed by atoms with Crippen LogP contribution in [-0.4, -0.2) is 16.5 Å². The predicted octanol–water partition coefficient (Wildman–Crippen LogP) is 4.75. The number of halogens is 1. The molecule has 2 N–H and O–H groups in total. The Balaban J connectivity index is 2.07. The fraction of sp³-hybridized carbons (Fsp3) is 0.375. The first-order valence-corrected chi connectivity index (χ1v) is 7.94. The molecule has 2 rings (SSSR count). The van der Waals surface area contributed by atoms with E-state index in [1.807, 2.05) is 37.3 Å². The van der Waals surface area contributed by atoms with Crippen molar-refractivity contribution in [1.82, 2.24) is 9.97 Å². The first-order chi connectivity index (χ1) is 10.0. The van der Waals surface area contributed by atoms with Crippen LogP contribution in [0.1, 0.15) is 26.1 Å². The van der Waals surface area contributed by atoms with Crippen molar-refractivity contribution in [2.75, 3.05) is 17.2 Å². The van der Waals surface area contributed by atoms with Crippen molar-refractivity contribution in [3.63, 3.8) is 0 Å². The minimum Gasteiger partial charge on any atom is -0.370 e. The maximum atomic E-state index is 4.42. The van der Waals surface area contributed by atoms with Gasteiger partial charge in [-0.3, -0.25) is 0 Å². The predicted molar refractivity (Wildman–Crippen MR) is 92.1 cm³/mol. The molecule has 0 aliphatic carbocycles. The highest BCUT2D eigenvalue weighted by Gasteiger charge is 2.03. The molecule has 0 atom stereocenters. The molecule has 0 unspecified atom stereocenters. The van der Waals surface area contributed by atoms with Crippen LogP contribution < -0.4 is 10.6 Å². The lowest BCUT2D eigenvalue weighted by Gasteiger charge is -2.11. The van der Waals surface area contributed by atoms with Crippen LogP contribution in [0, 0.1) is 12.8 Å². The topological polar surface area (TPSA) is 49.8 Å². The van der Waals surface area contributed by atoms with Crippen molar-refractivity contribution in [3.8, 4) is 0 Å². The third-order valence-corrected chi connectivity index (χ3v) is 3.46. The molecule has 112 valence electrons. The highest BCUT2D eigenvalue weighted by atomic mass is 79.9. The molecule has 4 nitrogen and oxygen atoms in total. The molecular weight excluding hydrogens is 328 g/mol. The van der Waals surface area contributed by atoms with Crippen LogP contribution in [0.2, 0.25) is 0 Å². The van der Waals surface area contributed by atoms with Gasteiger partial charge in [0.1, 0.15) is 17.5 Å². The van der Waals surface area contributed by atoms with Gasteiger partial charge in [-0.2, -0.15) is 0 Å². The average molecular weight is 349 g/mol. The number of anilines is 3. The first-order valence-electron chi connectivity index (χ1n) is 7.15.